The zero-order valence-electron chi connectivity index (χ0n) is 78.8. The van der Waals surface area contributed by atoms with Crippen LogP contribution in [0, 0.1) is 34.0 Å². The summed E-state index contributed by atoms with van der Waals surface area (Å²) >= 11 is 0. The van der Waals surface area contributed by atoms with Gasteiger partial charge < -0.3 is 0 Å². The maximum Gasteiger partial charge on any atom is 0.160 e. The predicted molar refractivity (Wildman–Crippen MR) is 597 cm³/mol. The second-order valence-corrected chi connectivity index (χ2v) is 36.9. The number of hydrogen-bond donors (Lipinski definition) is 0. The summed E-state index contributed by atoms with van der Waals surface area (Å²) in [6, 6.07) is 178. The molecule has 0 bridgehead atoms. The molecule has 3 aromatic heterocycles. The molecule has 3 heterocycles. The molecule has 0 N–H and O–H groups in total. The van der Waals surface area contributed by atoms with Gasteiger partial charge in [-0.05, 0) is 203 Å². The van der Waals surface area contributed by atoms with E-state index in [-0.39, 0.29) is 0 Å². The summed E-state index contributed by atoms with van der Waals surface area (Å²) in [5, 5.41) is 40.5. The molecule has 146 heavy (non-hydrogen) atoms. The Morgan fingerprint density at radius 3 is 0.767 bits per heavy atom. The maximum absolute atomic E-state index is 9.92. The van der Waals surface area contributed by atoms with Crippen molar-refractivity contribution in [2.24, 2.45) is 0 Å². The highest BCUT2D eigenvalue weighted by atomic mass is 14.9. The van der Waals surface area contributed by atoms with E-state index < -0.39 is 0 Å². The summed E-state index contributed by atoms with van der Waals surface area (Å²) in [6.07, 6.45) is 0. The number of hydrogen-bond acceptors (Lipinski definition) is 9. The SMILES string of the molecule is N#Cc1ccc(-c2ccc3c4c(ccc(-c5cc(-c6ccccc6)nc(-c6ccccc6)n5)c24)-c2ccccc2-3)c2ccccc12.N#Cc1ccc(-c2cccc(-c3ccc4c5c(ccc(-c6ccc(-c7cc(-c8ccccc8)nc(-c8ccccc8)n7)cc6)c35)-c3ccccc3-4)c2)cc1.N#Cc1cccc2c(-c3ccc4c5c(ccc(-c6cc(-c7ccccc7)nc(-c7ccccc7)n6)c35)-c3ccccc3-4)cccc12. The fourth-order valence-corrected chi connectivity index (χ4v) is 21.9. The van der Waals surface area contributed by atoms with Crippen molar-refractivity contribution in [2.75, 3.05) is 0 Å². The molecule has 28 rings (SSSR count). The molecule has 9 nitrogen and oxygen atoms in total. The largest absolute Gasteiger partial charge is 0.228 e. The van der Waals surface area contributed by atoms with Crippen molar-refractivity contribution in [3.63, 3.8) is 0 Å². The van der Waals surface area contributed by atoms with E-state index in [1.807, 2.05) is 176 Å². The smallest absolute Gasteiger partial charge is 0.160 e. The van der Waals surface area contributed by atoms with Crippen molar-refractivity contribution in [3.05, 3.63) is 508 Å². The third-order valence-corrected chi connectivity index (χ3v) is 28.7. The van der Waals surface area contributed by atoms with Crippen LogP contribution in [0.5, 0.6) is 0 Å². The Kier molecular flexibility index (Phi) is 21.6. The van der Waals surface area contributed by atoms with Gasteiger partial charge in [-0.15, -0.1) is 0 Å². The van der Waals surface area contributed by atoms with Crippen LogP contribution in [0.15, 0.2) is 491 Å². The molecule has 0 saturated carbocycles. The number of nitrogens with zero attached hydrogens (tertiary/aromatic N) is 9. The van der Waals surface area contributed by atoms with Crippen molar-refractivity contribution in [1.29, 1.82) is 15.8 Å². The zero-order chi connectivity index (χ0) is 97.2. The number of aromatic nitrogens is 6. The van der Waals surface area contributed by atoms with E-state index in [4.69, 9.17) is 29.9 Å². The Labute approximate surface area is 844 Å². The van der Waals surface area contributed by atoms with E-state index in [1.165, 1.54) is 99.4 Å². The van der Waals surface area contributed by atoms with E-state index in [2.05, 4.69) is 334 Å². The first-order valence-electron chi connectivity index (χ1n) is 48.9. The lowest BCUT2D eigenvalue weighted by molar-refractivity contribution is 1.18. The first-order valence-corrected chi connectivity index (χ1v) is 48.9. The van der Waals surface area contributed by atoms with Crippen LogP contribution in [0.2, 0.25) is 0 Å². The van der Waals surface area contributed by atoms with Crippen LogP contribution in [0.1, 0.15) is 16.7 Å². The van der Waals surface area contributed by atoms with E-state index in [0.29, 0.717) is 34.2 Å². The summed E-state index contributed by atoms with van der Waals surface area (Å²) in [7, 11) is 0. The fraction of sp³-hybridized carbons (Fsp3) is 0. The maximum atomic E-state index is 9.92. The minimum absolute atomic E-state index is 0.658. The van der Waals surface area contributed by atoms with Gasteiger partial charge in [0.05, 0.1) is 69.1 Å². The molecule has 22 aromatic carbocycles. The molecule has 0 atom stereocenters. The Morgan fingerprint density at radius 2 is 0.370 bits per heavy atom. The van der Waals surface area contributed by atoms with Gasteiger partial charge in [-0.2, -0.15) is 15.8 Å². The molecular weight excluding hydrogens is 1770 g/mol. The minimum Gasteiger partial charge on any atom is -0.228 e. The van der Waals surface area contributed by atoms with Crippen molar-refractivity contribution in [2.45, 2.75) is 0 Å². The van der Waals surface area contributed by atoms with Crippen LogP contribution in [0.4, 0.5) is 0 Å². The Morgan fingerprint density at radius 1 is 0.130 bits per heavy atom. The van der Waals surface area contributed by atoms with Gasteiger partial charge in [0.15, 0.2) is 17.5 Å². The first kappa shape index (κ1) is 86.2. The average molecular weight is 1850 g/mol. The molecular formula is C137H81N9. The van der Waals surface area contributed by atoms with Crippen molar-refractivity contribution in [3.8, 4) is 242 Å². The first-order chi connectivity index (χ1) is 72.3. The summed E-state index contributed by atoms with van der Waals surface area (Å²) in [4.78, 5) is 30.7. The molecule has 0 unspecified atom stereocenters. The van der Waals surface area contributed by atoms with Crippen molar-refractivity contribution >= 4 is 53.9 Å². The van der Waals surface area contributed by atoms with Crippen LogP contribution in [-0.4, -0.2) is 29.9 Å². The van der Waals surface area contributed by atoms with Gasteiger partial charge in [0, 0.05) is 71.6 Å². The topological polar surface area (TPSA) is 149 Å². The van der Waals surface area contributed by atoms with Crippen LogP contribution in [-0.2, 0) is 0 Å². The molecule has 0 saturated heterocycles. The van der Waals surface area contributed by atoms with Crippen molar-refractivity contribution in [1.82, 2.24) is 29.9 Å². The number of nitriles is 3. The third kappa shape index (κ3) is 15.2. The molecule has 0 aliphatic heterocycles. The molecule has 0 spiro atoms. The van der Waals surface area contributed by atoms with E-state index in [0.717, 1.165) is 161 Å². The third-order valence-electron chi connectivity index (χ3n) is 28.7. The lowest BCUT2D eigenvalue weighted by atomic mass is 9.87. The Balaban J connectivity index is 0.000000112. The average Bonchev–Trinajstić information content (AvgIpc) is 1.55. The number of fused-ring (bicyclic) bond motifs is 11. The molecule has 3 aliphatic carbocycles. The second kappa shape index (κ2) is 36.6. The minimum atomic E-state index is 0.658. The lowest BCUT2D eigenvalue weighted by Crippen LogP contribution is -1.97. The van der Waals surface area contributed by atoms with Gasteiger partial charge in [-0.25, -0.2) is 29.9 Å². The highest BCUT2D eigenvalue weighted by molar-refractivity contribution is 6.27. The lowest BCUT2D eigenvalue weighted by Gasteiger charge is -2.17. The monoisotopic (exact) mass is 1850 g/mol. The van der Waals surface area contributed by atoms with Gasteiger partial charge >= 0.3 is 0 Å². The summed E-state index contributed by atoms with van der Waals surface area (Å²) in [5.74, 6) is 2.08. The molecule has 3 aliphatic rings. The Hall–Kier alpha value is -20.2. The molecule has 9 heteroatoms. The van der Waals surface area contributed by atoms with Gasteiger partial charge in [0.1, 0.15) is 0 Å². The van der Waals surface area contributed by atoms with E-state index >= 15 is 0 Å². The highest BCUT2D eigenvalue weighted by Gasteiger charge is 2.32. The van der Waals surface area contributed by atoms with Gasteiger partial charge in [-0.1, -0.05) is 443 Å². The zero-order valence-corrected chi connectivity index (χ0v) is 78.8. The number of benzene rings is 22. The quantitative estimate of drug-likeness (QED) is 0.104. The Bertz CT molecular complexity index is 9160. The highest BCUT2D eigenvalue weighted by Crippen LogP contribution is 2.57. The summed E-state index contributed by atoms with van der Waals surface area (Å²) in [6.45, 7) is 0. The van der Waals surface area contributed by atoms with Crippen LogP contribution >= 0.6 is 0 Å². The fourth-order valence-electron chi connectivity index (χ4n) is 21.9. The van der Waals surface area contributed by atoms with Crippen LogP contribution in [0.3, 0.4) is 0 Å². The molecule has 25 aromatic rings. The molecule has 0 radical (unpaired) electrons. The molecule has 0 amide bonds. The second-order valence-electron chi connectivity index (χ2n) is 36.9. The van der Waals surface area contributed by atoms with Crippen LogP contribution < -0.4 is 0 Å². The van der Waals surface area contributed by atoms with E-state index in [9.17, 15) is 15.8 Å². The normalized spacial score (nSPS) is 11.4. The standard InChI is InChI=1S/C51H31N3.2C43H25N3/c52-32-33-18-20-34(21-19-33)39-14-9-15-40(30-39)42-27-29-46-44-17-8-7-16-43(44)45-28-26-41(49(42)50(45)46)35-22-24-37(25-23-35)48-31-47(36-10-3-1-4-11-36)53-51(54-48)38-12-5-2-6-13-38;44-26-29-15-9-19-31-30(29)18-10-20-34(31)37-22-21-35-32-16-7-8-17-33(32)36-23-24-38(42(37)41(35)36)40-25-39(27-11-3-1-4-12-27)45-43(46-40)28-13-5-2-6-14-28;44-26-29-19-20-34(31-16-8-7-15-30(29)31)37-22-21-35-32-17-9-10-18-33(32)36-23-24-38(42(37)41(35)36)40-25-39(27-11-3-1-4-12-27)45-43(46-40)28-13-5-2-6-14-28/h1-31H;2*1-25H. The van der Waals surface area contributed by atoms with Crippen molar-refractivity contribution < 1.29 is 0 Å². The predicted octanol–water partition coefficient (Wildman–Crippen LogP) is 35.1. The van der Waals surface area contributed by atoms with Gasteiger partial charge in [0.2, 0.25) is 0 Å². The molecule has 0 fully saturated rings. The number of rotatable bonds is 14. The van der Waals surface area contributed by atoms with Crippen LogP contribution in [0.25, 0.3) is 278 Å². The molecule has 674 valence electrons. The summed E-state index contributed by atoms with van der Waals surface area (Å²) in [5.41, 5.74) is 42.7. The van der Waals surface area contributed by atoms with E-state index in [1.54, 1.807) is 0 Å². The van der Waals surface area contributed by atoms with Gasteiger partial charge in [-0.3, -0.25) is 0 Å². The summed E-state index contributed by atoms with van der Waals surface area (Å²) < 4.78 is 0. The van der Waals surface area contributed by atoms with Gasteiger partial charge in [0.25, 0.3) is 0 Å².